The molecule has 3 nitrogen and oxygen atoms in total. The minimum atomic E-state index is 0.697. The number of nitrogens with one attached hydrogen (secondary N) is 1. The first kappa shape index (κ1) is 13.4. The Hall–Kier alpha value is -1.59. The van der Waals surface area contributed by atoms with Crippen LogP contribution in [-0.2, 0) is 0 Å². The number of para-hydroxylation sites is 1. The van der Waals surface area contributed by atoms with Gasteiger partial charge in [-0.1, -0.05) is 28.1 Å². The zero-order chi connectivity index (χ0) is 14.1. The van der Waals surface area contributed by atoms with Gasteiger partial charge in [0, 0.05) is 20.5 Å². The number of nitrogen functional groups attached to an aromatic ring is 1. The smallest absolute Gasteiger partial charge is 0.0937 e. The maximum Gasteiger partial charge on any atom is 0.0937 e. The minimum absolute atomic E-state index is 0.697. The van der Waals surface area contributed by atoms with Crippen LogP contribution in [0.3, 0.4) is 0 Å². The molecule has 0 aliphatic carbocycles. The molecule has 0 radical (unpaired) electrons. The topological polar surface area (TPSA) is 50.9 Å². The van der Waals surface area contributed by atoms with Crippen LogP contribution in [0.15, 0.2) is 57.6 Å². The number of pyridine rings is 1. The summed E-state index contributed by atoms with van der Waals surface area (Å²) in [7, 11) is 0. The number of halogens is 2. The van der Waals surface area contributed by atoms with E-state index in [1.807, 2.05) is 42.5 Å². The number of anilines is 3. The Morgan fingerprint density at radius 2 is 1.80 bits per heavy atom. The van der Waals surface area contributed by atoms with Crippen molar-refractivity contribution in [3.8, 4) is 0 Å². The largest absolute Gasteiger partial charge is 0.397 e. The molecule has 3 N–H and O–H groups in total. The van der Waals surface area contributed by atoms with E-state index in [0.717, 1.165) is 31.2 Å². The van der Waals surface area contributed by atoms with Gasteiger partial charge in [-0.15, -0.1) is 0 Å². The van der Waals surface area contributed by atoms with E-state index in [9.17, 15) is 0 Å². The third-order valence-corrected chi connectivity index (χ3v) is 3.89. The maximum atomic E-state index is 5.99. The average Bonchev–Trinajstić information content (AvgIpc) is 2.43. The molecule has 20 heavy (non-hydrogen) atoms. The third kappa shape index (κ3) is 2.64. The lowest BCUT2D eigenvalue weighted by molar-refractivity contribution is 1.38. The Bertz CT molecular complexity index is 787. The molecule has 0 aliphatic rings. The molecule has 0 spiro atoms. The molecule has 100 valence electrons. The summed E-state index contributed by atoms with van der Waals surface area (Å²) in [6.45, 7) is 0. The molecule has 5 heteroatoms. The van der Waals surface area contributed by atoms with Gasteiger partial charge in [-0.05, 0) is 46.3 Å². The van der Waals surface area contributed by atoms with E-state index in [4.69, 9.17) is 5.73 Å². The van der Waals surface area contributed by atoms with E-state index in [1.165, 1.54) is 0 Å². The first-order valence-corrected chi connectivity index (χ1v) is 7.58. The van der Waals surface area contributed by atoms with Crippen molar-refractivity contribution < 1.29 is 0 Å². The molecule has 0 unspecified atom stereocenters. The maximum absolute atomic E-state index is 5.99. The van der Waals surface area contributed by atoms with Gasteiger partial charge in [0.1, 0.15) is 0 Å². The fraction of sp³-hybridized carbons (Fsp3) is 0. The van der Waals surface area contributed by atoms with Crippen molar-refractivity contribution in [2.24, 2.45) is 0 Å². The molecule has 0 atom stereocenters. The summed E-state index contributed by atoms with van der Waals surface area (Å²) in [5.41, 5.74) is 9.39. The fourth-order valence-corrected chi connectivity index (χ4v) is 2.73. The molecule has 2 aromatic carbocycles. The summed E-state index contributed by atoms with van der Waals surface area (Å²) in [6, 6.07) is 13.8. The highest BCUT2D eigenvalue weighted by molar-refractivity contribution is 9.10. The first-order valence-electron chi connectivity index (χ1n) is 6.00. The van der Waals surface area contributed by atoms with E-state index in [-0.39, 0.29) is 0 Å². The zero-order valence-corrected chi connectivity index (χ0v) is 13.6. The van der Waals surface area contributed by atoms with E-state index in [1.54, 1.807) is 6.20 Å². The molecule has 0 saturated heterocycles. The molecule has 0 aliphatic heterocycles. The quantitative estimate of drug-likeness (QED) is 0.597. The van der Waals surface area contributed by atoms with Crippen molar-refractivity contribution in [3.05, 3.63) is 57.6 Å². The molecule has 0 amide bonds. The van der Waals surface area contributed by atoms with Crippen LogP contribution in [0.1, 0.15) is 0 Å². The summed E-state index contributed by atoms with van der Waals surface area (Å²) in [5, 5.41) is 4.41. The van der Waals surface area contributed by atoms with Gasteiger partial charge < -0.3 is 11.1 Å². The SMILES string of the molecule is Nc1ccc(Br)cc1Nc1cccc2cc(Br)cnc12. The summed E-state index contributed by atoms with van der Waals surface area (Å²) in [4.78, 5) is 4.47. The number of rotatable bonds is 2. The standard InChI is InChI=1S/C15H11Br2N3/c16-10-4-5-12(18)14(7-10)20-13-3-1-2-9-6-11(17)8-19-15(9)13/h1-8,20H,18H2. The van der Waals surface area contributed by atoms with Gasteiger partial charge in [-0.2, -0.15) is 0 Å². The van der Waals surface area contributed by atoms with Gasteiger partial charge in [0.2, 0.25) is 0 Å². The highest BCUT2D eigenvalue weighted by Gasteiger charge is 2.06. The highest BCUT2D eigenvalue weighted by Crippen LogP contribution is 2.30. The third-order valence-electron chi connectivity index (χ3n) is 2.96. The Morgan fingerprint density at radius 3 is 2.65 bits per heavy atom. The van der Waals surface area contributed by atoms with Crippen molar-refractivity contribution in [3.63, 3.8) is 0 Å². The van der Waals surface area contributed by atoms with Crippen molar-refractivity contribution in [1.82, 2.24) is 4.98 Å². The van der Waals surface area contributed by atoms with Crippen LogP contribution in [-0.4, -0.2) is 4.98 Å². The van der Waals surface area contributed by atoms with Crippen LogP contribution < -0.4 is 11.1 Å². The minimum Gasteiger partial charge on any atom is -0.397 e. The Kier molecular flexibility index (Phi) is 3.63. The number of aromatic nitrogens is 1. The molecular formula is C15H11Br2N3. The Balaban J connectivity index is 2.09. The zero-order valence-electron chi connectivity index (χ0n) is 10.4. The van der Waals surface area contributed by atoms with Crippen LogP contribution in [0.4, 0.5) is 17.1 Å². The van der Waals surface area contributed by atoms with E-state index in [0.29, 0.717) is 5.69 Å². The van der Waals surface area contributed by atoms with Gasteiger partial charge in [-0.3, -0.25) is 4.98 Å². The van der Waals surface area contributed by atoms with Crippen LogP contribution >= 0.6 is 31.9 Å². The van der Waals surface area contributed by atoms with E-state index < -0.39 is 0 Å². The van der Waals surface area contributed by atoms with Crippen molar-refractivity contribution in [1.29, 1.82) is 0 Å². The van der Waals surface area contributed by atoms with Gasteiger partial charge in [-0.25, -0.2) is 0 Å². The summed E-state index contributed by atoms with van der Waals surface area (Å²) < 4.78 is 1.94. The first-order chi connectivity index (χ1) is 9.63. The van der Waals surface area contributed by atoms with Crippen molar-refractivity contribution in [2.45, 2.75) is 0 Å². The van der Waals surface area contributed by atoms with Gasteiger partial charge >= 0.3 is 0 Å². The van der Waals surface area contributed by atoms with Crippen LogP contribution in [0.5, 0.6) is 0 Å². The van der Waals surface area contributed by atoms with Gasteiger partial charge in [0.15, 0.2) is 0 Å². The number of fused-ring (bicyclic) bond motifs is 1. The Labute approximate surface area is 133 Å². The van der Waals surface area contributed by atoms with Gasteiger partial charge in [0.25, 0.3) is 0 Å². The van der Waals surface area contributed by atoms with Gasteiger partial charge in [0.05, 0.1) is 22.6 Å². The van der Waals surface area contributed by atoms with Crippen molar-refractivity contribution >= 4 is 59.8 Å². The number of nitrogens with zero attached hydrogens (tertiary/aromatic N) is 1. The predicted molar refractivity (Wildman–Crippen MR) is 91.3 cm³/mol. The summed E-state index contributed by atoms with van der Waals surface area (Å²) in [6.07, 6.45) is 1.79. The molecule has 3 aromatic rings. The van der Waals surface area contributed by atoms with E-state index >= 15 is 0 Å². The van der Waals surface area contributed by atoms with Crippen molar-refractivity contribution in [2.75, 3.05) is 11.1 Å². The lowest BCUT2D eigenvalue weighted by atomic mass is 10.2. The molecule has 1 heterocycles. The second-order valence-electron chi connectivity index (χ2n) is 4.39. The lowest BCUT2D eigenvalue weighted by Crippen LogP contribution is -1.97. The number of hydrogen-bond donors (Lipinski definition) is 2. The second kappa shape index (κ2) is 5.42. The monoisotopic (exact) mass is 391 g/mol. The number of nitrogens with two attached hydrogens (primary N) is 1. The number of hydrogen-bond acceptors (Lipinski definition) is 3. The fourth-order valence-electron chi connectivity index (χ4n) is 2.02. The summed E-state index contributed by atoms with van der Waals surface area (Å²) in [5.74, 6) is 0. The second-order valence-corrected chi connectivity index (χ2v) is 6.22. The predicted octanol–water partition coefficient (Wildman–Crippen LogP) is 5.09. The van der Waals surface area contributed by atoms with Crippen LogP contribution in [0.2, 0.25) is 0 Å². The van der Waals surface area contributed by atoms with Crippen LogP contribution in [0, 0.1) is 0 Å². The molecule has 0 saturated carbocycles. The van der Waals surface area contributed by atoms with E-state index in [2.05, 4.69) is 42.2 Å². The summed E-state index contributed by atoms with van der Waals surface area (Å²) >= 11 is 6.89. The molecular weight excluding hydrogens is 382 g/mol. The molecule has 0 fully saturated rings. The van der Waals surface area contributed by atoms with Crippen LogP contribution in [0.25, 0.3) is 10.9 Å². The average molecular weight is 393 g/mol. The molecule has 1 aromatic heterocycles. The molecule has 0 bridgehead atoms. The number of benzene rings is 2. The Morgan fingerprint density at radius 1 is 0.950 bits per heavy atom. The normalized spacial score (nSPS) is 10.7. The lowest BCUT2D eigenvalue weighted by Gasteiger charge is -2.12. The molecule has 3 rings (SSSR count). The highest BCUT2D eigenvalue weighted by atomic mass is 79.9.